The summed E-state index contributed by atoms with van der Waals surface area (Å²) in [7, 11) is 3.20. The highest BCUT2D eigenvalue weighted by molar-refractivity contribution is 5.85. The van der Waals surface area contributed by atoms with E-state index in [0.717, 1.165) is 10.1 Å². The first-order valence-corrected chi connectivity index (χ1v) is 6.90. The van der Waals surface area contributed by atoms with Gasteiger partial charge in [0.25, 0.3) is 5.56 Å². The molecule has 2 aromatic heterocycles. The second-order valence-corrected chi connectivity index (χ2v) is 5.26. The number of carbonyl (C=O) groups is 1. The molecule has 7 heteroatoms. The van der Waals surface area contributed by atoms with Crippen LogP contribution in [0.1, 0.15) is 5.56 Å². The monoisotopic (exact) mass is 332 g/mol. The maximum Gasteiger partial charge on any atom is 0.331 e. The van der Waals surface area contributed by atoms with Crippen molar-refractivity contribution in [3.63, 3.8) is 0 Å². The van der Waals surface area contributed by atoms with Crippen LogP contribution >= 0.6 is 12.4 Å². The molecule has 1 amide bonds. The molecule has 0 aliphatic heterocycles. The Morgan fingerprint density at radius 2 is 1.87 bits per heavy atom. The summed E-state index contributed by atoms with van der Waals surface area (Å²) in [5.74, 6) is 0. The van der Waals surface area contributed by atoms with Gasteiger partial charge >= 0.3 is 6.03 Å². The number of benzene rings is 1. The van der Waals surface area contributed by atoms with Crippen molar-refractivity contribution >= 4 is 29.5 Å². The lowest BCUT2D eigenvalue weighted by molar-refractivity contribution is 0.218. The molecular weight excluding hydrogens is 316 g/mol. The third kappa shape index (κ3) is 3.12. The van der Waals surface area contributed by atoms with Gasteiger partial charge in [-0.3, -0.25) is 4.79 Å². The van der Waals surface area contributed by atoms with E-state index in [9.17, 15) is 9.59 Å². The van der Waals surface area contributed by atoms with Crippen molar-refractivity contribution < 1.29 is 4.79 Å². The summed E-state index contributed by atoms with van der Waals surface area (Å²) in [5.41, 5.74) is 1.74. The first kappa shape index (κ1) is 16.8. The summed E-state index contributed by atoms with van der Waals surface area (Å²) >= 11 is 0. The van der Waals surface area contributed by atoms with Crippen molar-refractivity contribution in [1.29, 1.82) is 0 Å². The molecule has 0 spiro atoms. The third-order valence-corrected chi connectivity index (χ3v) is 3.46. The molecule has 3 aromatic rings. The van der Waals surface area contributed by atoms with E-state index in [0.29, 0.717) is 17.6 Å². The molecule has 3 rings (SSSR count). The Kier molecular flexibility index (Phi) is 4.86. The summed E-state index contributed by atoms with van der Waals surface area (Å²) < 4.78 is 2.85. The van der Waals surface area contributed by atoms with Crippen LogP contribution in [0.5, 0.6) is 0 Å². The maximum atomic E-state index is 12.6. The van der Waals surface area contributed by atoms with E-state index in [4.69, 9.17) is 0 Å². The van der Waals surface area contributed by atoms with Crippen LogP contribution in [0.2, 0.25) is 0 Å². The zero-order chi connectivity index (χ0) is 15.7. The smallest absolute Gasteiger partial charge is 0.331 e. The lowest BCUT2D eigenvalue weighted by atomic mass is 10.2. The molecule has 0 atom stereocenters. The van der Waals surface area contributed by atoms with Crippen LogP contribution in [-0.4, -0.2) is 39.1 Å². The molecule has 0 saturated carbocycles. The first-order chi connectivity index (χ1) is 10.6. The van der Waals surface area contributed by atoms with Crippen molar-refractivity contribution in [2.75, 3.05) is 14.1 Å². The van der Waals surface area contributed by atoms with Crippen LogP contribution < -0.4 is 5.56 Å². The molecule has 120 valence electrons. The van der Waals surface area contributed by atoms with Crippen LogP contribution in [0.3, 0.4) is 0 Å². The number of fused-ring (bicyclic) bond motifs is 1. The van der Waals surface area contributed by atoms with Crippen molar-refractivity contribution in [2.45, 2.75) is 6.54 Å². The quantitative estimate of drug-likeness (QED) is 0.723. The molecule has 0 aliphatic rings. The second-order valence-electron chi connectivity index (χ2n) is 5.26. The molecule has 1 aromatic carbocycles. The molecule has 23 heavy (non-hydrogen) atoms. The number of carbonyl (C=O) groups excluding carboxylic acids is 1. The van der Waals surface area contributed by atoms with E-state index in [-0.39, 0.29) is 18.0 Å². The number of hydrogen-bond acceptors (Lipinski definition) is 3. The van der Waals surface area contributed by atoms with Gasteiger partial charge in [-0.2, -0.15) is 0 Å². The van der Waals surface area contributed by atoms with Crippen LogP contribution in [-0.2, 0) is 6.54 Å². The first-order valence-electron chi connectivity index (χ1n) is 6.90. The highest BCUT2D eigenvalue weighted by atomic mass is 35.5. The lowest BCUT2D eigenvalue weighted by Gasteiger charge is -2.12. The number of rotatable bonds is 2. The molecule has 6 nitrogen and oxygen atoms in total. The number of halogens is 1. The van der Waals surface area contributed by atoms with Crippen LogP contribution in [0, 0.1) is 0 Å². The normalized spacial score (nSPS) is 10.3. The molecule has 0 unspecified atom stereocenters. The number of hydrogen-bond donors (Lipinski definition) is 0. The van der Waals surface area contributed by atoms with Gasteiger partial charge in [-0.05, 0) is 11.6 Å². The molecule has 0 aliphatic carbocycles. The fourth-order valence-corrected chi connectivity index (χ4v) is 2.35. The van der Waals surface area contributed by atoms with Crippen LogP contribution in [0.25, 0.3) is 11.0 Å². The topological polar surface area (TPSA) is 60.1 Å². The Morgan fingerprint density at radius 1 is 1.17 bits per heavy atom. The van der Waals surface area contributed by atoms with Gasteiger partial charge in [0.15, 0.2) is 0 Å². The van der Waals surface area contributed by atoms with Crippen LogP contribution in [0.4, 0.5) is 4.79 Å². The van der Waals surface area contributed by atoms with Gasteiger partial charge in [0, 0.05) is 26.8 Å². The van der Waals surface area contributed by atoms with E-state index >= 15 is 0 Å². The standard InChI is InChI=1S/C16H16N4O2.ClH/c1-18(2)16(22)20-11-17-13-8-9-19(14(13)15(20)21)10-12-6-4-3-5-7-12;/h3-9,11H,10H2,1-2H3;1H. The Morgan fingerprint density at radius 3 is 2.52 bits per heavy atom. The summed E-state index contributed by atoms with van der Waals surface area (Å²) in [5, 5.41) is 0. The lowest BCUT2D eigenvalue weighted by Crippen LogP contribution is -2.36. The zero-order valence-electron chi connectivity index (χ0n) is 12.8. The Hall–Kier alpha value is -2.60. The minimum Gasteiger partial charge on any atom is -0.337 e. The van der Waals surface area contributed by atoms with E-state index in [1.54, 1.807) is 20.2 Å². The SMILES string of the molecule is CN(C)C(=O)n1cnc2ccn(Cc3ccccc3)c2c1=O.Cl. The fourth-order valence-electron chi connectivity index (χ4n) is 2.35. The van der Waals surface area contributed by atoms with E-state index in [1.807, 2.05) is 41.1 Å². The Balaban J connectivity index is 0.00000192. The van der Waals surface area contributed by atoms with Gasteiger partial charge in [0.2, 0.25) is 0 Å². The predicted octanol–water partition coefficient (Wildman–Crippen LogP) is 2.20. The van der Waals surface area contributed by atoms with Gasteiger partial charge in [0.05, 0.1) is 5.52 Å². The number of aromatic nitrogens is 3. The van der Waals surface area contributed by atoms with Crippen molar-refractivity contribution in [3.05, 3.63) is 64.8 Å². The number of nitrogens with zero attached hydrogens (tertiary/aromatic N) is 4. The molecule has 0 fully saturated rings. The summed E-state index contributed by atoms with van der Waals surface area (Å²) in [6.45, 7) is 0.557. The molecule has 0 N–H and O–H groups in total. The summed E-state index contributed by atoms with van der Waals surface area (Å²) in [6.07, 6.45) is 3.09. The maximum absolute atomic E-state index is 12.6. The predicted molar refractivity (Wildman–Crippen MR) is 91.3 cm³/mol. The zero-order valence-corrected chi connectivity index (χ0v) is 13.7. The van der Waals surface area contributed by atoms with Crippen molar-refractivity contribution in [3.8, 4) is 0 Å². The summed E-state index contributed by atoms with van der Waals surface area (Å²) in [4.78, 5) is 30.2. The van der Waals surface area contributed by atoms with E-state index in [2.05, 4.69) is 4.98 Å². The van der Waals surface area contributed by atoms with Crippen molar-refractivity contribution in [1.82, 2.24) is 19.0 Å². The Labute approximate surface area is 139 Å². The number of amides is 1. The minimum absolute atomic E-state index is 0. The second kappa shape index (κ2) is 6.66. The average molecular weight is 333 g/mol. The van der Waals surface area contributed by atoms with Crippen molar-refractivity contribution in [2.24, 2.45) is 0 Å². The fraction of sp³-hybridized carbons (Fsp3) is 0.188. The summed E-state index contributed by atoms with van der Waals surface area (Å²) in [6, 6.07) is 11.2. The van der Waals surface area contributed by atoms with E-state index < -0.39 is 6.03 Å². The van der Waals surface area contributed by atoms with Crippen LogP contribution in [0.15, 0.2) is 53.7 Å². The highest BCUT2D eigenvalue weighted by Gasteiger charge is 2.15. The Bertz CT molecular complexity index is 884. The van der Waals surface area contributed by atoms with Gasteiger partial charge in [-0.25, -0.2) is 14.3 Å². The van der Waals surface area contributed by atoms with Gasteiger partial charge in [-0.15, -0.1) is 12.4 Å². The highest BCUT2D eigenvalue weighted by Crippen LogP contribution is 2.11. The minimum atomic E-state index is -0.410. The van der Waals surface area contributed by atoms with Gasteiger partial charge < -0.3 is 9.47 Å². The van der Waals surface area contributed by atoms with E-state index in [1.165, 1.54) is 11.2 Å². The average Bonchev–Trinajstić information content (AvgIpc) is 2.92. The van der Waals surface area contributed by atoms with Gasteiger partial charge in [-0.1, -0.05) is 30.3 Å². The molecular formula is C16H17ClN4O2. The molecule has 2 heterocycles. The van der Waals surface area contributed by atoms with Gasteiger partial charge in [0.1, 0.15) is 11.8 Å². The third-order valence-electron chi connectivity index (χ3n) is 3.46. The molecule has 0 radical (unpaired) electrons. The largest absolute Gasteiger partial charge is 0.337 e. The molecule has 0 bridgehead atoms. The molecule has 0 saturated heterocycles.